The van der Waals surface area contributed by atoms with Gasteiger partial charge < -0.3 is 14.4 Å². The first-order valence-corrected chi connectivity index (χ1v) is 17.2. The van der Waals surface area contributed by atoms with E-state index in [2.05, 4.69) is 139 Å². The SMILES string of the molecule is C.CN1C(C)(C)CC(OC(C)(C)C)CC1(C)C.CN1C(C)(C)CC(Oc2nsnc2N2CCN(C(C)(C)C)CC2)CC1(C)C. The lowest BCUT2D eigenvalue weighted by Gasteiger charge is -2.54. The fourth-order valence-electron chi connectivity index (χ4n) is 7.42. The van der Waals surface area contributed by atoms with Gasteiger partial charge in [-0.15, -0.1) is 4.37 Å². The number of anilines is 1. The van der Waals surface area contributed by atoms with Crippen molar-refractivity contribution >= 4 is 17.5 Å². The molecule has 0 radical (unpaired) electrons. The third-order valence-electron chi connectivity index (χ3n) is 10.3. The molecule has 3 aliphatic rings. The topological polar surface area (TPSA) is 57.2 Å². The second kappa shape index (κ2) is 13.6. The number of aromatic nitrogens is 2. The Balaban J connectivity index is 0.000000342. The number of piperidine rings is 2. The predicted molar refractivity (Wildman–Crippen MR) is 190 cm³/mol. The van der Waals surface area contributed by atoms with Crippen molar-refractivity contribution in [2.75, 3.05) is 45.2 Å². The highest BCUT2D eigenvalue weighted by atomic mass is 32.1. The lowest BCUT2D eigenvalue weighted by molar-refractivity contribution is -0.136. The summed E-state index contributed by atoms with van der Waals surface area (Å²) in [5.41, 5.74) is 0.835. The summed E-state index contributed by atoms with van der Waals surface area (Å²) >= 11 is 1.26. The minimum absolute atomic E-state index is 0. The van der Waals surface area contributed by atoms with Gasteiger partial charge in [0, 0.05) is 66.7 Å². The van der Waals surface area contributed by atoms with Crippen molar-refractivity contribution in [1.82, 2.24) is 23.4 Å². The van der Waals surface area contributed by atoms with Gasteiger partial charge in [0.1, 0.15) is 6.10 Å². The highest BCUT2D eigenvalue weighted by Crippen LogP contribution is 2.41. The van der Waals surface area contributed by atoms with E-state index in [0.29, 0.717) is 6.10 Å². The van der Waals surface area contributed by atoms with Crippen molar-refractivity contribution in [2.24, 2.45) is 0 Å². The van der Waals surface area contributed by atoms with Crippen molar-refractivity contribution in [3.05, 3.63) is 0 Å². The van der Waals surface area contributed by atoms with Crippen molar-refractivity contribution in [3.63, 3.8) is 0 Å². The van der Waals surface area contributed by atoms with Gasteiger partial charge in [0.2, 0.25) is 5.82 Å². The minimum Gasteiger partial charge on any atom is -0.471 e. The number of rotatable bonds is 4. The van der Waals surface area contributed by atoms with Crippen LogP contribution in [0.2, 0.25) is 0 Å². The second-order valence-corrected chi connectivity index (χ2v) is 18.3. The normalized spacial score (nSPS) is 25.1. The molecule has 1 aromatic heterocycles. The lowest BCUT2D eigenvalue weighted by Crippen LogP contribution is -2.60. The minimum atomic E-state index is -0.0350. The van der Waals surface area contributed by atoms with Gasteiger partial charge in [-0.25, -0.2) is 0 Å². The van der Waals surface area contributed by atoms with Crippen LogP contribution in [0.1, 0.15) is 130 Å². The van der Waals surface area contributed by atoms with Gasteiger partial charge in [0.25, 0.3) is 5.88 Å². The molecule has 0 spiro atoms. The van der Waals surface area contributed by atoms with E-state index in [1.165, 1.54) is 11.7 Å². The van der Waals surface area contributed by atoms with Gasteiger partial charge in [-0.3, -0.25) is 14.7 Å². The maximum Gasteiger partial charge on any atom is 0.271 e. The molecule has 1 aromatic rings. The molecule has 3 aliphatic heterocycles. The Morgan fingerprint density at radius 3 is 1.45 bits per heavy atom. The molecule has 3 saturated heterocycles. The Morgan fingerprint density at radius 2 is 1.07 bits per heavy atom. The fraction of sp³-hybridized carbons (Fsp3) is 0.943. The van der Waals surface area contributed by atoms with Crippen LogP contribution in [0.25, 0.3) is 0 Å². The van der Waals surface area contributed by atoms with Gasteiger partial charge in [-0.2, -0.15) is 4.37 Å². The third kappa shape index (κ3) is 9.76. The van der Waals surface area contributed by atoms with E-state index < -0.39 is 0 Å². The molecule has 258 valence electrons. The molecule has 9 heteroatoms. The Kier molecular flexibility index (Phi) is 12.1. The van der Waals surface area contributed by atoms with Gasteiger partial charge in [-0.1, -0.05) is 7.43 Å². The summed E-state index contributed by atoms with van der Waals surface area (Å²) in [5, 5.41) is 0. The number of likely N-dealkylation sites (tertiary alicyclic amines) is 2. The van der Waals surface area contributed by atoms with E-state index in [1.807, 2.05) is 0 Å². The molecule has 3 fully saturated rings. The van der Waals surface area contributed by atoms with Crippen molar-refractivity contribution < 1.29 is 9.47 Å². The van der Waals surface area contributed by atoms with Crippen LogP contribution in [0.3, 0.4) is 0 Å². The summed E-state index contributed by atoms with van der Waals surface area (Å²) in [6, 6.07) is 0. The average molecular weight is 639 g/mol. The zero-order chi connectivity index (χ0) is 32.8. The maximum atomic E-state index is 6.45. The largest absolute Gasteiger partial charge is 0.471 e. The fourth-order valence-corrected chi connectivity index (χ4v) is 7.93. The molecule has 0 amide bonds. The van der Waals surface area contributed by atoms with Crippen molar-refractivity contribution in [3.8, 4) is 5.88 Å². The standard InChI is InChI=1S/C20H37N5OS.C14H29NO.CH4/c1-18(2,3)25-11-9-24(10-12-25)16-17(22-27-21-16)26-15-13-19(4,5)23(8)20(6,7)14-15;1-12(2,3)16-11-9-13(4,5)15(8)14(6,7)10-11;/h15H,9-14H2,1-8H3;11H,9-10H2,1-8H3;1H4. The summed E-state index contributed by atoms with van der Waals surface area (Å²) < 4.78 is 21.7. The predicted octanol–water partition coefficient (Wildman–Crippen LogP) is 7.58. The second-order valence-electron chi connectivity index (χ2n) is 17.8. The molecule has 0 bridgehead atoms. The smallest absolute Gasteiger partial charge is 0.271 e. The summed E-state index contributed by atoms with van der Waals surface area (Å²) in [4.78, 5) is 9.84. The highest BCUT2D eigenvalue weighted by molar-refractivity contribution is 6.99. The average Bonchev–Trinajstić information content (AvgIpc) is 3.27. The van der Waals surface area contributed by atoms with E-state index in [-0.39, 0.29) is 46.8 Å². The van der Waals surface area contributed by atoms with Crippen molar-refractivity contribution in [1.29, 1.82) is 0 Å². The molecular weight excluding hydrogens is 568 g/mol. The molecule has 44 heavy (non-hydrogen) atoms. The molecular formula is C35H70N6O2S. The van der Waals surface area contributed by atoms with Gasteiger partial charge in [0.05, 0.1) is 23.4 Å². The van der Waals surface area contributed by atoms with Crippen LogP contribution >= 0.6 is 11.7 Å². The molecule has 4 rings (SSSR count). The van der Waals surface area contributed by atoms with E-state index in [4.69, 9.17) is 9.47 Å². The molecule has 0 saturated carbocycles. The van der Waals surface area contributed by atoms with Crippen LogP contribution in [-0.4, -0.2) is 109 Å². The van der Waals surface area contributed by atoms with Crippen LogP contribution in [-0.2, 0) is 4.74 Å². The zero-order valence-corrected chi connectivity index (χ0v) is 31.5. The van der Waals surface area contributed by atoms with E-state index in [0.717, 1.165) is 63.6 Å². The molecule has 0 atom stereocenters. The van der Waals surface area contributed by atoms with E-state index in [1.54, 1.807) is 0 Å². The number of piperazine rings is 1. The van der Waals surface area contributed by atoms with E-state index >= 15 is 0 Å². The van der Waals surface area contributed by atoms with Crippen LogP contribution in [0, 0.1) is 0 Å². The molecule has 8 nitrogen and oxygen atoms in total. The molecule has 0 aliphatic carbocycles. The maximum absolute atomic E-state index is 6.45. The Morgan fingerprint density at radius 1 is 0.659 bits per heavy atom. The van der Waals surface area contributed by atoms with E-state index in [9.17, 15) is 0 Å². The van der Waals surface area contributed by atoms with Gasteiger partial charge in [-0.05, 0) is 124 Å². The third-order valence-corrected chi connectivity index (χ3v) is 10.8. The Labute approximate surface area is 276 Å². The van der Waals surface area contributed by atoms with Crippen LogP contribution in [0.15, 0.2) is 0 Å². The Bertz CT molecular complexity index is 1010. The van der Waals surface area contributed by atoms with Gasteiger partial charge in [0.15, 0.2) is 0 Å². The van der Waals surface area contributed by atoms with Crippen LogP contribution in [0.4, 0.5) is 5.82 Å². The summed E-state index contributed by atoms with van der Waals surface area (Å²) in [7, 11) is 4.45. The molecule has 4 heterocycles. The quantitative estimate of drug-likeness (QED) is 0.335. The summed E-state index contributed by atoms with van der Waals surface area (Å²) in [6.07, 6.45) is 4.78. The molecule has 0 aromatic carbocycles. The summed E-state index contributed by atoms with van der Waals surface area (Å²) in [6.45, 7) is 35.8. The first kappa shape index (κ1) is 39.2. The summed E-state index contributed by atoms with van der Waals surface area (Å²) in [5.74, 6) is 1.66. The first-order valence-electron chi connectivity index (χ1n) is 16.5. The molecule has 0 N–H and O–H groups in total. The molecule has 0 unspecified atom stereocenters. The van der Waals surface area contributed by atoms with Crippen LogP contribution in [0.5, 0.6) is 5.88 Å². The number of hydrogen-bond acceptors (Lipinski definition) is 9. The van der Waals surface area contributed by atoms with Crippen LogP contribution < -0.4 is 9.64 Å². The number of nitrogens with zero attached hydrogens (tertiary/aromatic N) is 6. The number of ether oxygens (including phenoxy) is 2. The lowest BCUT2D eigenvalue weighted by atomic mass is 9.78. The first-order chi connectivity index (χ1) is 19.3. The zero-order valence-electron chi connectivity index (χ0n) is 30.7. The van der Waals surface area contributed by atoms with Crippen molar-refractivity contribution in [2.45, 2.75) is 176 Å². The van der Waals surface area contributed by atoms with Gasteiger partial charge >= 0.3 is 0 Å². The monoisotopic (exact) mass is 639 g/mol. The Hall–Kier alpha value is -1.00. The highest BCUT2D eigenvalue weighted by Gasteiger charge is 2.45. The number of hydrogen-bond donors (Lipinski definition) is 0.